The smallest absolute Gasteiger partial charge is 0.323 e. The first-order valence-corrected chi connectivity index (χ1v) is 8.87. The van der Waals surface area contributed by atoms with E-state index in [1.165, 1.54) is 25.7 Å². The summed E-state index contributed by atoms with van der Waals surface area (Å²) >= 11 is 0. The fraction of sp³-hybridized carbons (Fsp3) is 0.941. The van der Waals surface area contributed by atoms with Gasteiger partial charge in [0.25, 0.3) is 0 Å². The van der Waals surface area contributed by atoms with Crippen molar-refractivity contribution in [2.24, 2.45) is 0 Å². The van der Waals surface area contributed by atoms with Crippen LogP contribution >= 0.6 is 0 Å². The van der Waals surface area contributed by atoms with Gasteiger partial charge < -0.3 is 10.1 Å². The van der Waals surface area contributed by atoms with E-state index < -0.39 is 0 Å². The summed E-state index contributed by atoms with van der Waals surface area (Å²) in [5, 5.41) is 3.70. The third-order valence-electron chi connectivity index (χ3n) is 4.92. The Bertz CT molecular complexity index is 323. The number of hydrogen-bond donors (Lipinski definition) is 1. The summed E-state index contributed by atoms with van der Waals surface area (Å²) < 4.78 is 5.35. The molecule has 3 atom stereocenters. The first-order chi connectivity index (χ1) is 10.2. The SMILES string of the molecule is CCCC(C(=O)OCC)N(CCC)C1CC2CCC(C1)N2. The number of nitrogens with zero attached hydrogens (tertiary/aromatic N) is 1. The molecule has 2 aliphatic rings. The third kappa shape index (κ3) is 4.19. The fourth-order valence-corrected chi connectivity index (χ4v) is 4.08. The summed E-state index contributed by atoms with van der Waals surface area (Å²) in [5.41, 5.74) is 0. The highest BCUT2D eigenvalue weighted by atomic mass is 16.5. The molecule has 3 unspecified atom stereocenters. The van der Waals surface area contributed by atoms with Gasteiger partial charge in [0.1, 0.15) is 6.04 Å². The fourth-order valence-electron chi connectivity index (χ4n) is 4.08. The van der Waals surface area contributed by atoms with E-state index in [0.29, 0.717) is 24.7 Å². The van der Waals surface area contributed by atoms with E-state index in [0.717, 1.165) is 25.8 Å². The van der Waals surface area contributed by atoms with Crippen molar-refractivity contribution in [2.75, 3.05) is 13.2 Å². The second kappa shape index (κ2) is 8.14. The van der Waals surface area contributed by atoms with E-state index in [-0.39, 0.29) is 12.0 Å². The largest absolute Gasteiger partial charge is 0.465 e. The van der Waals surface area contributed by atoms with Gasteiger partial charge in [-0.2, -0.15) is 0 Å². The molecule has 0 aromatic heterocycles. The van der Waals surface area contributed by atoms with Crippen LogP contribution in [0.15, 0.2) is 0 Å². The Labute approximate surface area is 129 Å². The lowest BCUT2D eigenvalue weighted by molar-refractivity contribution is -0.151. The summed E-state index contributed by atoms with van der Waals surface area (Å²) in [6, 6.07) is 1.83. The lowest BCUT2D eigenvalue weighted by Crippen LogP contribution is -2.54. The Hall–Kier alpha value is -0.610. The number of esters is 1. The highest BCUT2D eigenvalue weighted by Crippen LogP contribution is 2.31. The first kappa shape index (κ1) is 16.8. The van der Waals surface area contributed by atoms with Gasteiger partial charge in [-0.05, 0) is 52.0 Å². The molecule has 2 rings (SSSR count). The van der Waals surface area contributed by atoms with Crippen LogP contribution in [0.5, 0.6) is 0 Å². The van der Waals surface area contributed by atoms with E-state index in [4.69, 9.17) is 4.74 Å². The minimum Gasteiger partial charge on any atom is -0.465 e. The van der Waals surface area contributed by atoms with Gasteiger partial charge in [0, 0.05) is 18.1 Å². The Morgan fingerprint density at radius 2 is 1.86 bits per heavy atom. The van der Waals surface area contributed by atoms with Crippen LogP contribution in [0.4, 0.5) is 0 Å². The van der Waals surface area contributed by atoms with Crippen molar-refractivity contribution in [1.29, 1.82) is 0 Å². The van der Waals surface area contributed by atoms with Crippen molar-refractivity contribution in [2.45, 2.75) is 89.9 Å². The molecule has 0 aromatic rings. The van der Waals surface area contributed by atoms with Crippen LogP contribution in [-0.4, -0.2) is 48.2 Å². The Kier molecular flexibility index (Phi) is 6.49. The van der Waals surface area contributed by atoms with Crippen molar-refractivity contribution in [1.82, 2.24) is 10.2 Å². The molecular weight excluding hydrogens is 264 g/mol. The normalized spacial score (nSPS) is 29.6. The van der Waals surface area contributed by atoms with Crippen LogP contribution in [0, 0.1) is 0 Å². The molecule has 0 aliphatic carbocycles. The highest BCUT2D eigenvalue weighted by molar-refractivity contribution is 5.75. The first-order valence-electron chi connectivity index (χ1n) is 8.87. The molecule has 4 nitrogen and oxygen atoms in total. The molecule has 2 saturated heterocycles. The number of rotatable bonds is 8. The van der Waals surface area contributed by atoms with Crippen molar-refractivity contribution < 1.29 is 9.53 Å². The van der Waals surface area contributed by atoms with E-state index in [1.54, 1.807) is 0 Å². The lowest BCUT2D eigenvalue weighted by atomic mass is 9.95. The van der Waals surface area contributed by atoms with Gasteiger partial charge in [0.2, 0.25) is 0 Å². The van der Waals surface area contributed by atoms with Crippen molar-refractivity contribution in [3.63, 3.8) is 0 Å². The number of fused-ring (bicyclic) bond motifs is 2. The molecule has 2 aliphatic heterocycles. The Morgan fingerprint density at radius 1 is 1.19 bits per heavy atom. The average Bonchev–Trinajstić information content (AvgIpc) is 2.81. The van der Waals surface area contributed by atoms with E-state index in [2.05, 4.69) is 24.1 Å². The molecule has 2 heterocycles. The summed E-state index contributed by atoms with van der Waals surface area (Å²) in [7, 11) is 0. The van der Waals surface area contributed by atoms with E-state index in [9.17, 15) is 4.79 Å². The van der Waals surface area contributed by atoms with Crippen molar-refractivity contribution >= 4 is 5.97 Å². The molecule has 0 radical (unpaired) electrons. The highest BCUT2D eigenvalue weighted by Gasteiger charge is 2.39. The van der Waals surface area contributed by atoms with Crippen LogP contribution in [-0.2, 0) is 9.53 Å². The van der Waals surface area contributed by atoms with Gasteiger partial charge in [0.15, 0.2) is 0 Å². The van der Waals surface area contributed by atoms with Gasteiger partial charge in [-0.25, -0.2) is 0 Å². The van der Waals surface area contributed by atoms with Gasteiger partial charge in [-0.1, -0.05) is 20.3 Å². The monoisotopic (exact) mass is 296 g/mol. The van der Waals surface area contributed by atoms with E-state index >= 15 is 0 Å². The minimum absolute atomic E-state index is 0.0151. The summed E-state index contributed by atoms with van der Waals surface area (Å²) in [4.78, 5) is 14.9. The maximum atomic E-state index is 12.4. The van der Waals surface area contributed by atoms with Crippen molar-refractivity contribution in [3.05, 3.63) is 0 Å². The predicted octanol–water partition coefficient (Wildman–Crippen LogP) is 2.71. The lowest BCUT2D eigenvalue weighted by Gasteiger charge is -2.41. The zero-order valence-electron chi connectivity index (χ0n) is 13.9. The molecule has 1 N–H and O–H groups in total. The molecule has 4 heteroatoms. The number of piperidine rings is 1. The Balaban J connectivity index is 2.08. The van der Waals surface area contributed by atoms with Crippen molar-refractivity contribution in [3.8, 4) is 0 Å². The van der Waals surface area contributed by atoms with Crippen LogP contribution in [0.25, 0.3) is 0 Å². The molecule has 0 spiro atoms. The maximum Gasteiger partial charge on any atom is 0.323 e. The molecule has 0 aromatic carbocycles. The topological polar surface area (TPSA) is 41.6 Å². The molecule has 0 saturated carbocycles. The van der Waals surface area contributed by atoms with Gasteiger partial charge in [-0.15, -0.1) is 0 Å². The number of carbonyl (C=O) groups is 1. The molecule has 122 valence electrons. The van der Waals surface area contributed by atoms with Crippen LogP contribution in [0.3, 0.4) is 0 Å². The van der Waals surface area contributed by atoms with E-state index in [1.807, 2.05) is 6.92 Å². The summed E-state index contributed by atoms with van der Waals surface area (Å²) in [6.45, 7) is 7.75. The van der Waals surface area contributed by atoms with Gasteiger partial charge in [0.05, 0.1) is 6.61 Å². The molecule has 2 bridgehead atoms. The number of hydrogen-bond acceptors (Lipinski definition) is 4. The molecule has 21 heavy (non-hydrogen) atoms. The minimum atomic E-state index is -0.0441. The molecular formula is C17H32N2O2. The standard InChI is InChI=1S/C17H32N2O2/c1-4-7-16(17(20)21-6-3)19(10-5-2)15-11-13-8-9-14(12-15)18-13/h13-16,18H,4-12H2,1-3H3. The van der Waals surface area contributed by atoms with Crippen LogP contribution < -0.4 is 5.32 Å². The zero-order chi connectivity index (χ0) is 15.2. The summed E-state index contributed by atoms with van der Waals surface area (Å²) in [5.74, 6) is -0.0151. The second-order valence-corrected chi connectivity index (χ2v) is 6.56. The Morgan fingerprint density at radius 3 is 2.38 bits per heavy atom. The average molecular weight is 296 g/mol. The molecule has 0 amide bonds. The van der Waals surface area contributed by atoms with Gasteiger partial charge in [-0.3, -0.25) is 9.69 Å². The quantitative estimate of drug-likeness (QED) is 0.699. The maximum absolute atomic E-state index is 12.4. The summed E-state index contributed by atoms with van der Waals surface area (Å²) in [6.07, 6.45) is 8.03. The second-order valence-electron chi connectivity index (χ2n) is 6.56. The number of carbonyl (C=O) groups excluding carboxylic acids is 1. The predicted molar refractivity (Wildman–Crippen MR) is 85.3 cm³/mol. The van der Waals surface area contributed by atoms with Crippen LogP contribution in [0.1, 0.15) is 65.7 Å². The number of ether oxygens (including phenoxy) is 1. The molecule has 2 fully saturated rings. The van der Waals surface area contributed by atoms with Crippen LogP contribution in [0.2, 0.25) is 0 Å². The zero-order valence-corrected chi connectivity index (χ0v) is 13.9. The van der Waals surface area contributed by atoms with Gasteiger partial charge >= 0.3 is 5.97 Å². The third-order valence-corrected chi connectivity index (χ3v) is 4.92. The number of nitrogens with one attached hydrogen (secondary N) is 1.